The van der Waals surface area contributed by atoms with Crippen molar-refractivity contribution in [3.05, 3.63) is 24.3 Å². The van der Waals surface area contributed by atoms with Gasteiger partial charge in [0.2, 0.25) is 17.8 Å². The Balaban J connectivity index is 2.01. The SMILES string of the molecule is CCCCCCNc1nc(NCCCCCC)nc(Nc2ccc(OCC)cc2)n1. The zero-order chi connectivity index (χ0) is 21.4. The Kier molecular flexibility index (Phi) is 11.4. The monoisotopic (exact) mass is 414 g/mol. The van der Waals surface area contributed by atoms with E-state index in [0.29, 0.717) is 24.5 Å². The highest BCUT2D eigenvalue weighted by atomic mass is 16.5. The largest absolute Gasteiger partial charge is 0.494 e. The normalized spacial score (nSPS) is 10.6. The minimum absolute atomic E-state index is 0.529. The molecule has 2 aromatic rings. The van der Waals surface area contributed by atoms with Crippen LogP contribution in [0.4, 0.5) is 23.5 Å². The van der Waals surface area contributed by atoms with E-state index in [9.17, 15) is 0 Å². The minimum atomic E-state index is 0.529. The molecule has 0 saturated carbocycles. The van der Waals surface area contributed by atoms with Crippen LogP contribution in [0.1, 0.15) is 72.1 Å². The molecular formula is C23H38N6O. The molecule has 7 heteroatoms. The van der Waals surface area contributed by atoms with Crippen molar-refractivity contribution in [2.45, 2.75) is 72.1 Å². The first-order valence-electron chi connectivity index (χ1n) is 11.5. The van der Waals surface area contributed by atoms with Crippen molar-refractivity contribution in [3.8, 4) is 5.75 Å². The number of nitrogens with one attached hydrogen (secondary N) is 3. The van der Waals surface area contributed by atoms with Gasteiger partial charge in [-0.3, -0.25) is 0 Å². The van der Waals surface area contributed by atoms with Gasteiger partial charge in [0, 0.05) is 18.8 Å². The van der Waals surface area contributed by atoms with Crippen LogP contribution in [0, 0.1) is 0 Å². The van der Waals surface area contributed by atoms with E-state index in [2.05, 4.69) is 44.7 Å². The first kappa shape index (κ1) is 23.7. The van der Waals surface area contributed by atoms with E-state index >= 15 is 0 Å². The standard InChI is InChI=1S/C23H38N6O/c1-4-7-9-11-17-24-21-27-22(25-18-12-10-8-5-2)29-23(28-21)26-19-13-15-20(16-14-19)30-6-3/h13-16H,4-12,17-18H2,1-3H3,(H3,24,25,26,27,28,29). The smallest absolute Gasteiger partial charge is 0.233 e. The topological polar surface area (TPSA) is 84.0 Å². The van der Waals surface area contributed by atoms with E-state index in [4.69, 9.17) is 4.74 Å². The second kappa shape index (κ2) is 14.4. The van der Waals surface area contributed by atoms with Crippen LogP contribution in [-0.4, -0.2) is 34.6 Å². The highest BCUT2D eigenvalue weighted by molar-refractivity contribution is 5.56. The number of anilines is 4. The van der Waals surface area contributed by atoms with Gasteiger partial charge >= 0.3 is 0 Å². The van der Waals surface area contributed by atoms with Crippen LogP contribution >= 0.6 is 0 Å². The number of ether oxygens (including phenoxy) is 1. The second-order valence-electron chi connectivity index (χ2n) is 7.36. The maximum absolute atomic E-state index is 5.50. The van der Waals surface area contributed by atoms with Gasteiger partial charge in [0.1, 0.15) is 5.75 Å². The van der Waals surface area contributed by atoms with Crippen LogP contribution in [0.15, 0.2) is 24.3 Å². The first-order chi connectivity index (χ1) is 14.7. The molecule has 0 unspecified atom stereocenters. The van der Waals surface area contributed by atoms with Gasteiger partial charge < -0.3 is 20.7 Å². The van der Waals surface area contributed by atoms with Gasteiger partial charge in [-0.15, -0.1) is 0 Å². The number of hydrogen-bond acceptors (Lipinski definition) is 7. The summed E-state index contributed by atoms with van der Waals surface area (Å²) in [6.07, 6.45) is 9.63. The zero-order valence-electron chi connectivity index (χ0n) is 18.8. The number of benzene rings is 1. The Morgan fingerprint density at radius 1 is 0.667 bits per heavy atom. The molecule has 0 saturated heterocycles. The first-order valence-corrected chi connectivity index (χ1v) is 11.5. The summed E-state index contributed by atoms with van der Waals surface area (Å²) >= 11 is 0. The molecule has 1 aromatic carbocycles. The molecule has 0 fully saturated rings. The second-order valence-corrected chi connectivity index (χ2v) is 7.36. The Hall–Kier alpha value is -2.57. The fourth-order valence-electron chi connectivity index (χ4n) is 3.02. The lowest BCUT2D eigenvalue weighted by Crippen LogP contribution is -2.12. The molecule has 0 spiro atoms. The van der Waals surface area contributed by atoms with Crippen molar-refractivity contribution >= 4 is 23.5 Å². The Morgan fingerprint density at radius 3 is 1.70 bits per heavy atom. The van der Waals surface area contributed by atoms with E-state index in [0.717, 1.165) is 37.4 Å². The molecule has 0 atom stereocenters. The number of unbranched alkanes of at least 4 members (excludes halogenated alkanes) is 6. The summed E-state index contributed by atoms with van der Waals surface area (Å²) < 4.78 is 5.50. The third kappa shape index (κ3) is 9.29. The molecule has 0 bridgehead atoms. The van der Waals surface area contributed by atoms with Gasteiger partial charge in [-0.05, 0) is 44.0 Å². The van der Waals surface area contributed by atoms with Gasteiger partial charge in [-0.25, -0.2) is 0 Å². The van der Waals surface area contributed by atoms with Gasteiger partial charge in [0.05, 0.1) is 6.61 Å². The maximum Gasteiger partial charge on any atom is 0.233 e. The van der Waals surface area contributed by atoms with Crippen molar-refractivity contribution < 1.29 is 4.74 Å². The van der Waals surface area contributed by atoms with Gasteiger partial charge in [0.15, 0.2) is 0 Å². The summed E-state index contributed by atoms with van der Waals surface area (Å²) in [7, 11) is 0. The van der Waals surface area contributed by atoms with E-state index < -0.39 is 0 Å². The summed E-state index contributed by atoms with van der Waals surface area (Å²) in [5.41, 5.74) is 0.910. The van der Waals surface area contributed by atoms with Crippen molar-refractivity contribution in [1.29, 1.82) is 0 Å². The minimum Gasteiger partial charge on any atom is -0.494 e. The molecule has 2 rings (SSSR count). The van der Waals surface area contributed by atoms with Crippen molar-refractivity contribution in [1.82, 2.24) is 15.0 Å². The Bertz CT molecular complexity index is 675. The van der Waals surface area contributed by atoms with Crippen molar-refractivity contribution in [2.75, 3.05) is 35.6 Å². The highest BCUT2D eigenvalue weighted by Gasteiger charge is 2.07. The summed E-state index contributed by atoms with van der Waals surface area (Å²) in [5.74, 6) is 2.58. The molecule has 0 amide bonds. The molecule has 0 aliphatic carbocycles. The van der Waals surface area contributed by atoms with Crippen LogP contribution in [0.2, 0.25) is 0 Å². The fourth-order valence-corrected chi connectivity index (χ4v) is 3.02. The fraction of sp³-hybridized carbons (Fsp3) is 0.609. The number of rotatable bonds is 16. The highest BCUT2D eigenvalue weighted by Crippen LogP contribution is 2.19. The third-order valence-electron chi connectivity index (χ3n) is 4.68. The summed E-state index contributed by atoms with van der Waals surface area (Å²) in [5, 5.41) is 9.97. The van der Waals surface area contributed by atoms with Gasteiger partial charge in [-0.1, -0.05) is 52.4 Å². The average molecular weight is 415 g/mol. The van der Waals surface area contributed by atoms with Gasteiger partial charge in [0.25, 0.3) is 0 Å². The van der Waals surface area contributed by atoms with E-state index in [1.165, 1.54) is 38.5 Å². The molecule has 0 aliphatic rings. The van der Waals surface area contributed by atoms with E-state index in [1.54, 1.807) is 0 Å². The van der Waals surface area contributed by atoms with Crippen molar-refractivity contribution in [2.24, 2.45) is 0 Å². The lowest BCUT2D eigenvalue weighted by atomic mass is 10.2. The van der Waals surface area contributed by atoms with Crippen LogP contribution in [0.25, 0.3) is 0 Å². The average Bonchev–Trinajstić information content (AvgIpc) is 2.75. The molecule has 1 aromatic heterocycles. The molecule has 30 heavy (non-hydrogen) atoms. The molecule has 1 heterocycles. The lowest BCUT2D eigenvalue weighted by molar-refractivity contribution is 0.340. The van der Waals surface area contributed by atoms with Gasteiger partial charge in [-0.2, -0.15) is 15.0 Å². The maximum atomic E-state index is 5.50. The predicted molar refractivity (Wildman–Crippen MR) is 126 cm³/mol. The lowest BCUT2D eigenvalue weighted by Gasteiger charge is -2.12. The number of nitrogens with zero attached hydrogens (tertiary/aromatic N) is 3. The summed E-state index contributed by atoms with van der Waals surface area (Å²) in [6, 6.07) is 7.80. The predicted octanol–water partition coefficient (Wildman–Crippen LogP) is 6.00. The van der Waals surface area contributed by atoms with Crippen molar-refractivity contribution in [3.63, 3.8) is 0 Å². The molecule has 3 N–H and O–H groups in total. The Morgan fingerprint density at radius 2 is 1.20 bits per heavy atom. The third-order valence-corrected chi connectivity index (χ3v) is 4.68. The molecule has 0 aliphatic heterocycles. The van der Waals surface area contributed by atoms with Crippen LogP contribution in [0.5, 0.6) is 5.75 Å². The number of hydrogen-bond donors (Lipinski definition) is 3. The van der Waals surface area contributed by atoms with E-state index in [1.807, 2.05) is 31.2 Å². The molecule has 0 radical (unpaired) electrons. The van der Waals surface area contributed by atoms with Crippen LogP contribution in [-0.2, 0) is 0 Å². The molecule has 166 valence electrons. The van der Waals surface area contributed by atoms with E-state index in [-0.39, 0.29) is 0 Å². The summed E-state index contributed by atoms with van der Waals surface area (Å²) in [4.78, 5) is 13.6. The number of aromatic nitrogens is 3. The summed E-state index contributed by atoms with van der Waals surface area (Å²) in [6.45, 7) is 8.80. The molecular weight excluding hydrogens is 376 g/mol. The Labute approximate surface area is 181 Å². The quantitative estimate of drug-likeness (QED) is 0.291. The zero-order valence-corrected chi connectivity index (χ0v) is 18.8. The molecule has 7 nitrogen and oxygen atoms in total. The van der Waals surface area contributed by atoms with Crippen LogP contribution < -0.4 is 20.7 Å². The van der Waals surface area contributed by atoms with Crippen LogP contribution in [0.3, 0.4) is 0 Å².